The van der Waals surface area contributed by atoms with Gasteiger partial charge in [-0.05, 0) is 30.5 Å². The Bertz CT molecular complexity index is 310. The average Bonchev–Trinajstić information content (AvgIpc) is 2.26. The monoisotopic (exact) mass is 285 g/mol. The quantitative estimate of drug-likeness (QED) is 0.899. The van der Waals surface area contributed by atoms with Gasteiger partial charge in [0.25, 0.3) is 0 Å². The van der Waals surface area contributed by atoms with Crippen molar-refractivity contribution in [3.8, 4) is 0 Å². The zero-order valence-electron chi connectivity index (χ0n) is 10.1. The molecule has 0 bridgehead atoms. The van der Waals surface area contributed by atoms with Crippen LogP contribution < -0.4 is 5.73 Å². The van der Waals surface area contributed by atoms with E-state index in [4.69, 9.17) is 10.5 Å². The summed E-state index contributed by atoms with van der Waals surface area (Å²) in [6.45, 7) is 6.91. The summed E-state index contributed by atoms with van der Waals surface area (Å²) >= 11 is 3.42. The molecule has 0 heterocycles. The number of benzene rings is 1. The normalized spacial score (nSPS) is 15.1. The number of ether oxygens (including phenoxy) is 1. The third kappa shape index (κ3) is 3.89. The van der Waals surface area contributed by atoms with Gasteiger partial charge in [0.05, 0.1) is 12.2 Å². The summed E-state index contributed by atoms with van der Waals surface area (Å²) < 4.78 is 7.02. The van der Waals surface area contributed by atoms with Crippen LogP contribution in [0.25, 0.3) is 0 Å². The number of nitrogens with two attached hydrogens (primary N) is 1. The third-order valence-corrected chi connectivity index (χ3v) is 3.30. The van der Waals surface area contributed by atoms with Crippen molar-refractivity contribution in [2.75, 3.05) is 6.54 Å². The fourth-order valence-electron chi connectivity index (χ4n) is 1.36. The van der Waals surface area contributed by atoms with Crippen LogP contribution in [0.2, 0.25) is 0 Å². The molecule has 1 rings (SSSR count). The SMILES string of the molecule is CC(C)C(C)OC(CN)c1ccc(Br)cc1. The first-order valence-electron chi connectivity index (χ1n) is 5.65. The molecule has 2 N–H and O–H groups in total. The molecule has 1 aromatic carbocycles. The highest BCUT2D eigenvalue weighted by molar-refractivity contribution is 9.10. The Morgan fingerprint density at radius 3 is 2.19 bits per heavy atom. The summed E-state index contributed by atoms with van der Waals surface area (Å²) in [5, 5.41) is 0. The first-order chi connectivity index (χ1) is 7.54. The zero-order chi connectivity index (χ0) is 12.1. The van der Waals surface area contributed by atoms with E-state index in [9.17, 15) is 0 Å². The molecular weight excluding hydrogens is 266 g/mol. The van der Waals surface area contributed by atoms with Crippen molar-refractivity contribution in [3.05, 3.63) is 34.3 Å². The second kappa shape index (κ2) is 6.38. The Morgan fingerprint density at radius 2 is 1.75 bits per heavy atom. The van der Waals surface area contributed by atoms with Gasteiger partial charge in [-0.15, -0.1) is 0 Å². The summed E-state index contributed by atoms with van der Waals surface area (Å²) in [5.41, 5.74) is 6.89. The molecule has 0 spiro atoms. The second-order valence-corrected chi connectivity index (χ2v) is 5.28. The summed E-state index contributed by atoms with van der Waals surface area (Å²) in [4.78, 5) is 0. The summed E-state index contributed by atoms with van der Waals surface area (Å²) in [6.07, 6.45) is 0.211. The highest BCUT2D eigenvalue weighted by atomic mass is 79.9. The van der Waals surface area contributed by atoms with Gasteiger partial charge in [-0.25, -0.2) is 0 Å². The average molecular weight is 286 g/mol. The molecule has 16 heavy (non-hydrogen) atoms. The van der Waals surface area contributed by atoms with Crippen LogP contribution in [0.4, 0.5) is 0 Å². The van der Waals surface area contributed by atoms with Crippen LogP contribution in [-0.4, -0.2) is 12.6 Å². The van der Waals surface area contributed by atoms with E-state index >= 15 is 0 Å². The summed E-state index contributed by atoms with van der Waals surface area (Å²) in [5.74, 6) is 0.504. The smallest absolute Gasteiger partial charge is 0.0950 e. The minimum Gasteiger partial charge on any atom is -0.369 e. The van der Waals surface area contributed by atoms with Crippen molar-refractivity contribution in [2.45, 2.75) is 33.0 Å². The molecule has 3 heteroatoms. The first kappa shape index (κ1) is 13.7. The highest BCUT2D eigenvalue weighted by Gasteiger charge is 2.16. The maximum Gasteiger partial charge on any atom is 0.0950 e. The van der Waals surface area contributed by atoms with Gasteiger partial charge in [-0.1, -0.05) is 41.9 Å². The standard InChI is InChI=1S/C13H20BrNO/c1-9(2)10(3)16-13(8-15)11-4-6-12(14)7-5-11/h4-7,9-10,13H,8,15H2,1-3H3. The summed E-state index contributed by atoms with van der Waals surface area (Å²) in [7, 11) is 0. The van der Waals surface area contributed by atoms with E-state index < -0.39 is 0 Å². The molecule has 0 saturated heterocycles. The van der Waals surface area contributed by atoms with Gasteiger partial charge >= 0.3 is 0 Å². The van der Waals surface area contributed by atoms with Crippen LogP contribution in [0.5, 0.6) is 0 Å². The molecular formula is C13H20BrNO. The molecule has 90 valence electrons. The van der Waals surface area contributed by atoms with Crippen LogP contribution in [0.3, 0.4) is 0 Å². The lowest BCUT2D eigenvalue weighted by Crippen LogP contribution is -2.24. The van der Waals surface area contributed by atoms with Crippen molar-refractivity contribution >= 4 is 15.9 Å². The largest absolute Gasteiger partial charge is 0.369 e. The number of hydrogen-bond donors (Lipinski definition) is 1. The van der Waals surface area contributed by atoms with Crippen molar-refractivity contribution in [1.29, 1.82) is 0 Å². The zero-order valence-corrected chi connectivity index (χ0v) is 11.7. The molecule has 0 saturated carbocycles. The van der Waals surface area contributed by atoms with E-state index in [0.29, 0.717) is 12.5 Å². The van der Waals surface area contributed by atoms with Crippen LogP contribution in [-0.2, 0) is 4.74 Å². The van der Waals surface area contributed by atoms with Gasteiger partial charge in [-0.2, -0.15) is 0 Å². The molecule has 0 aliphatic rings. The van der Waals surface area contributed by atoms with Crippen LogP contribution in [0.1, 0.15) is 32.4 Å². The van der Waals surface area contributed by atoms with E-state index in [-0.39, 0.29) is 12.2 Å². The molecule has 1 aromatic rings. The van der Waals surface area contributed by atoms with Gasteiger partial charge in [0, 0.05) is 11.0 Å². The van der Waals surface area contributed by atoms with Crippen LogP contribution in [0, 0.1) is 5.92 Å². The van der Waals surface area contributed by atoms with Crippen LogP contribution in [0.15, 0.2) is 28.7 Å². The predicted molar refractivity (Wildman–Crippen MR) is 71.3 cm³/mol. The van der Waals surface area contributed by atoms with Gasteiger partial charge in [0.15, 0.2) is 0 Å². The minimum atomic E-state index is -0.00880. The lowest BCUT2D eigenvalue weighted by molar-refractivity contribution is -0.0220. The molecule has 0 aliphatic heterocycles. The van der Waals surface area contributed by atoms with Crippen molar-refractivity contribution in [2.24, 2.45) is 11.7 Å². The van der Waals surface area contributed by atoms with Gasteiger partial charge in [0.1, 0.15) is 0 Å². The third-order valence-electron chi connectivity index (χ3n) is 2.77. The topological polar surface area (TPSA) is 35.2 Å². The highest BCUT2D eigenvalue weighted by Crippen LogP contribution is 2.22. The Labute approximate surface area is 106 Å². The molecule has 0 fully saturated rings. The van der Waals surface area contributed by atoms with Crippen molar-refractivity contribution in [3.63, 3.8) is 0 Å². The minimum absolute atomic E-state index is 0.00880. The lowest BCUT2D eigenvalue weighted by atomic mass is 10.1. The second-order valence-electron chi connectivity index (χ2n) is 4.36. The fourth-order valence-corrected chi connectivity index (χ4v) is 1.63. The Kier molecular flexibility index (Phi) is 5.46. The molecule has 2 nitrogen and oxygen atoms in total. The van der Waals surface area contributed by atoms with Gasteiger partial charge in [0.2, 0.25) is 0 Å². The van der Waals surface area contributed by atoms with E-state index in [2.05, 4.69) is 48.8 Å². The molecule has 0 aromatic heterocycles. The van der Waals surface area contributed by atoms with E-state index in [1.165, 1.54) is 0 Å². The first-order valence-corrected chi connectivity index (χ1v) is 6.45. The van der Waals surface area contributed by atoms with E-state index in [1.807, 2.05) is 12.1 Å². The molecule has 2 unspecified atom stereocenters. The number of rotatable bonds is 5. The Balaban J connectivity index is 2.70. The molecule has 0 amide bonds. The van der Waals surface area contributed by atoms with Gasteiger partial charge < -0.3 is 10.5 Å². The summed E-state index contributed by atoms with van der Waals surface area (Å²) in [6, 6.07) is 8.13. The van der Waals surface area contributed by atoms with Crippen molar-refractivity contribution in [1.82, 2.24) is 0 Å². The molecule has 2 atom stereocenters. The number of halogens is 1. The Hall–Kier alpha value is -0.380. The van der Waals surface area contributed by atoms with E-state index in [0.717, 1.165) is 10.0 Å². The maximum atomic E-state index is 5.95. The molecule has 0 aliphatic carbocycles. The predicted octanol–water partition coefficient (Wildman–Crippen LogP) is 3.51. The lowest BCUT2D eigenvalue weighted by Gasteiger charge is -2.24. The van der Waals surface area contributed by atoms with Crippen LogP contribution >= 0.6 is 15.9 Å². The van der Waals surface area contributed by atoms with Gasteiger partial charge in [-0.3, -0.25) is 0 Å². The number of hydrogen-bond acceptors (Lipinski definition) is 2. The Morgan fingerprint density at radius 1 is 1.19 bits per heavy atom. The fraction of sp³-hybridized carbons (Fsp3) is 0.538. The molecule has 0 radical (unpaired) electrons. The van der Waals surface area contributed by atoms with Crippen molar-refractivity contribution < 1.29 is 4.74 Å². The maximum absolute atomic E-state index is 5.95. The van der Waals surface area contributed by atoms with E-state index in [1.54, 1.807) is 0 Å².